The van der Waals surface area contributed by atoms with Crippen molar-refractivity contribution in [3.63, 3.8) is 0 Å². The third-order valence-electron chi connectivity index (χ3n) is 17.3. The topological polar surface area (TPSA) is 250 Å². The van der Waals surface area contributed by atoms with E-state index in [1.54, 1.807) is 0 Å². The van der Waals surface area contributed by atoms with Crippen LogP contribution in [0.2, 0.25) is 0 Å². The summed E-state index contributed by atoms with van der Waals surface area (Å²) in [4.78, 5) is 39.1. The van der Waals surface area contributed by atoms with E-state index in [9.17, 15) is 55.2 Å². The molecule has 4 saturated carbocycles. The van der Waals surface area contributed by atoms with Gasteiger partial charge in [-0.15, -0.1) is 0 Å². The Morgan fingerprint density at radius 2 is 1.44 bits per heavy atom. The Morgan fingerprint density at radius 1 is 0.772 bits per heavy atom. The largest absolute Gasteiger partial charge is 0.481 e. The first kappa shape index (κ1) is 43.1. The molecule has 322 valence electrons. The number of hydrogen-bond acceptors (Lipinski definition) is 13. The normalized spacial score (nSPS) is 53.4. The van der Waals surface area contributed by atoms with Crippen molar-refractivity contribution < 1.29 is 74.2 Å². The predicted octanol–water partition coefficient (Wildman–Crippen LogP) is 2.15. The van der Waals surface area contributed by atoms with Crippen LogP contribution < -0.4 is 0 Å². The second kappa shape index (κ2) is 14.3. The molecule has 57 heavy (non-hydrogen) atoms. The number of fused-ring (bicyclic) bond motifs is 7. The quantitative estimate of drug-likeness (QED) is 0.172. The SMILES string of the molecule is CC1(C)[C@@H](O[C@@H]2O[C@H](CO)[C@H](O)[C@H](O)[C@H]2O[C@@H]2O[C@H](C(=O)O)[C@@H](O)[C@H](O)[C@H]2O)CC[C@]2(C)[C@H]3C(=O)C=C4[C@@H]5C[C@@](C)(C(=O)O)CC[C@]5(C)CC[C@@]4(C)[C@]3(C)CC[C@@H]12. The predicted molar refractivity (Wildman–Crippen MR) is 199 cm³/mol. The van der Waals surface area contributed by atoms with Gasteiger partial charge in [0.05, 0.1) is 18.1 Å². The molecule has 2 heterocycles. The fourth-order valence-corrected chi connectivity index (χ4v) is 13.4. The summed E-state index contributed by atoms with van der Waals surface area (Å²) >= 11 is 0. The summed E-state index contributed by atoms with van der Waals surface area (Å²) in [5.41, 5.74) is -1.51. The number of carbonyl (C=O) groups is 3. The number of ketones is 1. The minimum absolute atomic E-state index is 0.00433. The van der Waals surface area contributed by atoms with Gasteiger partial charge < -0.3 is 59.8 Å². The van der Waals surface area contributed by atoms with Gasteiger partial charge in [0.2, 0.25) is 0 Å². The highest BCUT2D eigenvalue weighted by molar-refractivity contribution is 5.95. The highest BCUT2D eigenvalue weighted by Crippen LogP contribution is 2.75. The summed E-state index contributed by atoms with van der Waals surface area (Å²) in [6.07, 6.45) is -9.70. The molecule has 0 aromatic heterocycles. The van der Waals surface area contributed by atoms with Gasteiger partial charge in [-0.05, 0) is 110 Å². The zero-order valence-corrected chi connectivity index (χ0v) is 34.2. The molecule has 7 rings (SSSR count). The van der Waals surface area contributed by atoms with Gasteiger partial charge >= 0.3 is 11.9 Å². The molecule has 0 bridgehead atoms. The second-order valence-corrected chi connectivity index (χ2v) is 20.6. The molecule has 5 aliphatic carbocycles. The fourth-order valence-electron chi connectivity index (χ4n) is 13.4. The van der Waals surface area contributed by atoms with Crippen molar-refractivity contribution >= 4 is 17.7 Å². The van der Waals surface area contributed by atoms with E-state index in [0.29, 0.717) is 25.7 Å². The molecule has 2 aliphatic heterocycles. The van der Waals surface area contributed by atoms with Crippen LogP contribution in [0.1, 0.15) is 106 Å². The number of ether oxygens (including phenoxy) is 4. The maximum atomic E-state index is 14.8. The first-order chi connectivity index (χ1) is 26.4. The van der Waals surface area contributed by atoms with Crippen LogP contribution in [0.25, 0.3) is 0 Å². The zero-order chi connectivity index (χ0) is 42.0. The molecule has 0 amide bonds. The number of carboxylic acids is 2. The van der Waals surface area contributed by atoms with Crippen LogP contribution in [0.3, 0.4) is 0 Å². The van der Waals surface area contributed by atoms with Crippen molar-refractivity contribution in [2.45, 2.75) is 174 Å². The van der Waals surface area contributed by atoms with Crippen LogP contribution in [-0.2, 0) is 33.3 Å². The van der Waals surface area contributed by atoms with Crippen molar-refractivity contribution in [3.05, 3.63) is 11.6 Å². The Hall–Kier alpha value is -2.05. The molecule has 0 spiro atoms. The third kappa shape index (κ3) is 6.31. The lowest BCUT2D eigenvalue weighted by Crippen LogP contribution is -2.68. The number of carboxylic acid groups (broad SMARTS) is 2. The van der Waals surface area contributed by atoms with Gasteiger partial charge in [0.15, 0.2) is 24.5 Å². The van der Waals surface area contributed by atoms with E-state index >= 15 is 0 Å². The lowest BCUT2D eigenvalue weighted by molar-refractivity contribution is -0.375. The van der Waals surface area contributed by atoms with Gasteiger partial charge in [-0.25, -0.2) is 4.79 Å². The number of aliphatic hydroxyl groups excluding tert-OH is 6. The van der Waals surface area contributed by atoms with E-state index in [1.165, 1.54) is 0 Å². The minimum atomic E-state index is -1.98. The molecule has 0 radical (unpaired) electrons. The van der Waals surface area contributed by atoms with Crippen LogP contribution in [0.5, 0.6) is 0 Å². The van der Waals surface area contributed by atoms with Crippen LogP contribution in [0.4, 0.5) is 0 Å². The molecule has 19 atom stereocenters. The van der Waals surface area contributed by atoms with Crippen molar-refractivity contribution in [3.8, 4) is 0 Å². The molecule has 2 saturated heterocycles. The van der Waals surface area contributed by atoms with E-state index in [1.807, 2.05) is 13.0 Å². The van der Waals surface area contributed by atoms with Gasteiger partial charge in [0.25, 0.3) is 0 Å². The first-order valence-electron chi connectivity index (χ1n) is 20.8. The monoisotopic (exact) mass is 808 g/mol. The lowest BCUT2D eigenvalue weighted by atomic mass is 9.33. The molecule has 15 nitrogen and oxygen atoms in total. The van der Waals surface area contributed by atoms with E-state index in [4.69, 9.17) is 18.9 Å². The lowest BCUT2D eigenvalue weighted by Gasteiger charge is -2.70. The van der Waals surface area contributed by atoms with Crippen LogP contribution in [0, 0.1) is 50.2 Å². The number of carbonyl (C=O) groups excluding carboxylic acids is 1. The number of rotatable bonds is 7. The zero-order valence-electron chi connectivity index (χ0n) is 34.2. The summed E-state index contributed by atoms with van der Waals surface area (Å²) in [5, 5.41) is 83.3. The minimum Gasteiger partial charge on any atom is -0.481 e. The van der Waals surface area contributed by atoms with Crippen LogP contribution in [-0.4, -0.2) is 133 Å². The molecular weight excluding hydrogens is 744 g/mol. The highest BCUT2D eigenvalue weighted by atomic mass is 16.8. The average Bonchev–Trinajstić information content (AvgIpc) is 3.13. The maximum Gasteiger partial charge on any atom is 0.335 e. The summed E-state index contributed by atoms with van der Waals surface area (Å²) < 4.78 is 23.8. The smallest absolute Gasteiger partial charge is 0.335 e. The Kier molecular flexibility index (Phi) is 10.8. The Balaban J connectivity index is 1.16. The van der Waals surface area contributed by atoms with E-state index in [2.05, 4.69) is 41.5 Å². The van der Waals surface area contributed by atoms with Crippen LogP contribution in [0.15, 0.2) is 11.6 Å². The molecule has 0 unspecified atom stereocenters. The first-order valence-corrected chi connectivity index (χ1v) is 20.8. The second-order valence-electron chi connectivity index (χ2n) is 20.6. The Morgan fingerprint density at radius 3 is 2.07 bits per heavy atom. The molecule has 0 aromatic carbocycles. The van der Waals surface area contributed by atoms with Gasteiger partial charge in [-0.1, -0.05) is 47.1 Å². The molecule has 6 fully saturated rings. The van der Waals surface area contributed by atoms with Crippen molar-refractivity contribution in [2.24, 2.45) is 50.2 Å². The Bertz CT molecular complexity index is 1650. The summed E-state index contributed by atoms with van der Waals surface area (Å²) in [6.45, 7) is 14.4. The van der Waals surface area contributed by atoms with Gasteiger partial charge in [-0.2, -0.15) is 0 Å². The van der Waals surface area contributed by atoms with Gasteiger partial charge in [-0.3, -0.25) is 9.59 Å². The van der Waals surface area contributed by atoms with Crippen LogP contribution >= 0.6 is 0 Å². The number of allylic oxidation sites excluding steroid dienone is 2. The summed E-state index contributed by atoms with van der Waals surface area (Å²) in [5.74, 6) is -2.62. The summed E-state index contributed by atoms with van der Waals surface area (Å²) in [7, 11) is 0. The Labute approximate surface area is 333 Å². The fraction of sp³-hybridized carbons (Fsp3) is 0.881. The standard InChI is InChI=1S/C42H64O15/c1-37(2)23-8-11-42(7)32(21(44)16-19-20-17-39(4,36(52)53)13-12-38(20,3)14-15-41(19,42)6)40(23,5)10-9-24(37)55-35-31(27(47)25(45)22(18-43)54-35)57-34-29(49)26(46)28(48)30(56-34)33(50)51/h16,20,22-32,34-35,43,45-49H,8-15,17-18H2,1-7H3,(H,50,51)(H,52,53)/t20-,22+,23-,24-,25-,26-,27-,28-,29+,30-,31+,32+,34-,35-,38+,39-,40-,41+,42+/m0/s1. The number of aliphatic hydroxyl groups is 6. The average molecular weight is 809 g/mol. The molecule has 15 heteroatoms. The number of aliphatic carboxylic acids is 2. The van der Waals surface area contributed by atoms with Crippen molar-refractivity contribution in [2.75, 3.05) is 6.61 Å². The molecular formula is C42H64O15. The van der Waals surface area contributed by atoms with Crippen molar-refractivity contribution in [1.82, 2.24) is 0 Å². The highest BCUT2D eigenvalue weighted by Gasteiger charge is 2.71. The number of hydrogen-bond donors (Lipinski definition) is 8. The maximum absolute atomic E-state index is 14.8. The van der Waals surface area contributed by atoms with E-state index in [0.717, 1.165) is 37.7 Å². The molecule has 8 N–H and O–H groups in total. The molecule has 0 aromatic rings. The summed E-state index contributed by atoms with van der Waals surface area (Å²) in [6, 6.07) is 0. The van der Waals surface area contributed by atoms with Gasteiger partial charge in [0.1, 0.15) is 42.7 Å². The van der Waals surface area contributed by atoms with Crippen molar-refractivity contribution in [1.29, 1.82) is 0 Å². The van der Waals surface area contributed by atoms with E-state index in [-0.39, 0.29) is 39.8 Å². The van der Waals surface area contributed by atoms with Gasteiger partial charge in [0, 0.05) is 5.92 Å². The molecule has 7 aliphatic rings. The van der Waals surface area contributed by atoms with E-state index < -0.39 is 102 Å². The third-order valence-corrected chi connectivity index (χ3v) is 17.3.